The molecule has 4 N–H and O–H groups in total. The summed E-state index contributed by atoms with van der Waals surface area (Å²) in [5.74, 6) is 0.0471. The van der Waals surface area contributed by atoms with E-state index in [1.807, 2.05) is 13.8 Å². The number of aliphatic hydroxyl groups is 1. The normalized spacial score (nSPS) is 12.8. The van der Waals surface area contributed by atoms with Gasteiger partial charge in [-0.15, -0.1) is 0 Å². The summed E-state index contributed by atoms with van der Waals surface area (Å²) in [5, 5.41) is 12.6. The molecule has 0 aliphatic carbocycles. The second-order valence-corrected chi connectivity index (χ2v) is 5.37. The van der Waals surface area contributed by atoms with Crippen LogP contribution in [-0.2, 0) is 0 Å². The highest BCUT2D eigenvalue weighted by atomic mass is 79.9. The molecule has 0 fully saturated rings. The first-order valence-electron chi connectivity index (χ1n) is 5.56. The van der Waals surface area contributed by atoms with E-state index >= 15 is 0 Å². The van der Waals surface area contributed by atoms with Crippen LogP contribution >= 0.6 is 15.9 Å². The molecular formula is C12H18BrFN2O. The third kappa shape index (κ3) is 4.52. The maximum Gasteiger partial charge on any atom is 0.139 e. The van der Waals surface area contributed by atoms with Gasteiger partial charge in [-0.25, -0.2) is 4.39 Å². The van der Waals surface area contributed by atoms with Crippen molar-refractivity contribution < 1.29 is 9.50 Å². The lowest BCUT2D eigenvalue weighted by molar-refractivity contribution is 0.161. The molecule has 96 valence electrons. The van der Waals surface area contributed by atoms with Crippen molar-refractivity contribution in [2.45, 2.75) is 26.4 Å². The average Bonchev–Trinajstić information content (AvgIpc) is 2.20. The summed E-state index contributed by atoms with van der Waals surface area (Å²) in [4.78, 5) is 0. The van der Waals surface area contributed by atoms with Crippen molar-refractivity contribution in [1.29, 1.82) is 0 Å². The van der Waals surface area contributed by atoms with Crippen LogP contribution in [0, 0.1) is 11.7 Å². The van der Waals surface area contributed by atoms with Gasteiger partial charge >= 0.3 is 0 Å². The van der Waals surface area contributed by atoms with Crippen molar-refractivity contribution >= 4 is 27.3 Å². The zero-order chi connectivity index (χ0) is 13.0. The topological polar surface area (TPSA) is 58.3 Å². The number of aliphatic hydroxyl groups excluding tert-OH is 1. The van der Waals surface area contributed by atoms with Crippen molar-refractivity contribution in [1.82, 2.24) is 0 Å². The molecule has 0 radical (unpaired) electrons. The molecule has 1 aromatic rings. The fraction of sp³-hybridized carbons (Fsp3) is 0.500. The molecule has 1 aromatic carbocycles. The molecule has 0 heterocycles. The Bertz CT molecular complexity index is 385. The Morgan fingerprint density at radius 3 is 2.71 bits per heavy atom. The van der Waals surface area contributed by atoms with Gasteiger partial charge in [0, 0.05) is 12.6 Å². The lowest BCUT2D eigenvalue weighted by Gasteiger charge is -2.16. The zero-order valence-electron chi connectivity index (χ0n) is 10.0. The molecule has 1 unspecified atom stereocenters. The fourth-order valence-electron chi connectivity index (χ4n) is 1.57. The molecule has 0 aromatic heterocycles. The van der Waals surface area contributed by atoms with Crippen molar-refractivity contribution in [2.75, 3.05) is 17.6 Å². The number of halogens is 2. The highest BCUT2D eigenvalue weighted by molar-refractivity contribution is 9.10. The Balaban J connectivity index is 2.60. The monoisotopic (exact) mass is 304 g/mol. The molecule has 0 aliphatic heterocycles. The van der Waals surface area contributed by atoms with E-state index in [0.29, 0.717) is 34.7 Å². The number of hydrogen-bond acceptors (Lipinski definition) is 3. The first-order valence-corrected chi connectivity index (χ1v) is 6.36. The van der Waals surface area contributed by atoms with Gasteiger partial charge in [-0.1, -0.05) is 13.8 Å². The van der Waals surface area contributed by atoms with Crippen LogP contribution in [0.15, 0.2) is 16.6 Å². The Morgan fingerprint density at radius 2 is 2.12 bits per heavy atom. The van der Waals surface area contributed by atoms with Crippen molar-refractivity contribution in [3.05, 3.63) is 22.4 Å². The van der Waals surface area contributed by atoms with Gasteiger partial charge in [0.25, 0.3) is 0 Å². The van der Waals surface area contributed by atoms with Crippen LogP contribution in [0.2, 0.25) is 0 Å². The van der Waals surface area contributed by atoms with E-state index in [-0.39, 0.29) is 5.82 Å². The highest BCUT2D eigenvalue weighted by Crippen LogP contribution is 2.26. The first-order chi connectivity index (χ1) is 7.90. The molecule has 0 saturated heterocycles. The van der Waals surface area contributed by atoms with E-state index in [2.05, 4.69) is 21.2 Å². The first kappa shape index (κ1) is 14.3. The minimum Gasteiger partial charge on any atom is -0.397 e. The van der Waals surface area contributed by atoms with E-state index in [1.54, 1.807) is 0 Å². The number of nitrogens with one attached hydrogen (secondary N) is 1. The van der Waals surface area contributed by atoms with Gasteiger partial charge in [0.15, 0.2) is 0 Å². The fourth-order valence-corrected chi connectivity index (χ4v) is 1.93. The molecule has 0 aliphatic rings. The third-order valence-corrected chi connectivity index (χ3v) is 2.97. The minimum absolute atomic E-state index is 0.336. The second-order valence-electron chi connectivity index (χ2n) is 4.52. The quantitative estimate of drug-likeness (QED) is 0.733. The minimum atomic E-state index is -0.457. The lowest BCUT2D eigenvalue weighted by Crippen LogP contribution is -2.21. The molecule has 0 bridgehead atoms. The van der Waals surface area contributed by atoms with Gasteiger partial charge in [-0.05, 0) is 34.3 Å². The number of rotatable bonds is 5. The summed E-state index contributed by atoms with van der Waals surface area (Å²) in [6.45, 7) is 4.44. The number of nitrogen functional groups attached to an aromatic ring is 1. The van der Waals surface area contributed by atoms with E-state index < -0.39 is 6.10 Å². The summed E-state index contributed by atoms with van der Waals surface area (Å²) in [7, 11) is 0. The van der Waals surface area contributed by atoms with Gasteiger partial charge in [-0.2, -0.15) is 0 Å². The maximum absolute atomic E-state index is 13.3. The number of nitrogens with two attached hydrogens (primary N) is 1. The van der Waals surface area contributed by atoms with Crippen molar-refractivity contribution in [2.24, 2.45) is 5.92 Å². The maximum atomic E-state index is 13.3. The van der Waals surface area contributed by atoms with Gasteiger partial charge in [-0.3, -0.25) is 0 Å². The van der Waals surface area contributed by atoms with Gasteiger partial charge < -0.3 is 16.2 Å². The lowest BCUT2D eigenvalue weighted by atomic mass is 10.1. The van der Waals surface area contributed by atoms with Crippen LogP contribution in [0.4, 0.5) is 15.8 Å². The van der Waals surface area contributed by atoms with Crippen molar-refractivity contribution in [3.8, 4) is 0 Å². The Labute approximate surface area is 109 Å². The van der Waals surface area contributed by atoms with Crippen LogP contribution in [-0.4, -0.2) is 17.8 Å². The number of anilines is 2. The Morgan fingerprint density at radius 1 is 1.47 bits per heavy atom. The highest BCUT2D eigenvalue weighted by Gasteiger charge is 2.09. The third-order valence-electron chi connectivity index (χ3n) is 2.36. The molecule has 0 spiro atoms. The Hall–Kier alpha value is -0.810. The summed E-state index contributed by atoms with van der Waals surface area (Å²) in [6, 6.07) is 2.83. The standard InChI is InChI=1S/C12H18BrFN2O/c1-7(2)3-8(17)6-16-12-5-10(14)9(13)4-11(12)15/h4-5,7-8,16-17H,3,6,15H2,1-2H3. The molecule has 1 atom stereocenters. The molecule has 3 nitrogen and oxygen atoms in total. The van der Waals surface area contributed by atoms with Gasteiger partial charge in [0.1, 0.15) is 5.82 Å². The van der Waals surface area contributed by atoms with Gasteiger partial charge in [0.05, 0.1) is 22.0 Å². The van der Waals surface area contributed by atoms with E-state index in [4.69, 9.17) is 5.73 Å². The van der Waals surface area contributed by atoms with Crippen LogP contribution in [0.25, 0.3) is 0 Å². The molecule has 1 rings (SSSR count). The molecule has 0 saturated carbocycles. The zero-order valence-corrected chi connectivity index (χ0v) is 11.6. The van der Waals surface area contributed by atoms with Crippen LogP contribution < -0.4 is 11.1 Å². The van der Waals surface area contributed by atoms with Crippen LogP contribution in [0.1, 0.15) is 20.3 Å². The van der Waals surface area contributed by atoms with Crippen molar-refractivity contribution in [3.63, 3.8) is 0 Å². The SMILES string of the molecule is CC(C)CC(O)CNc1cc(F)c(Br)cc1N. The van der Waals surface area contributed by atoms with Crippen LogP contribution in [0.5, 0.6) is 0 Å². The molecule has 0 amide bonds. The van der Waals surface area contributed by atoms with E-state index in [9.17, 15) is 9.50 Å². The molecule has 5 heteroatoms. The van der Waals surface area contributed by atoms with E-state index in [0.717, 1.165) is 0 Å². The largest absolute Gasteiger partial charge is 0.397 e. The average molecular weight is 305 g/mol. The number of benzene rings is 1. The summed E-state index contributed by atoms with van der Waals surface area (Å²) in [5.41, 5.74) is 6.70. The van der Waals surface area contributed by atoms with Crippen LogP contribution in [0.3, 0.4) is 0 Å². The summed E-state index contributed by atoms with van der Waals surface area (Å²) in [6.07, 6.45) is 0.243. The van der Waals surface area contributed by atoms with E-state index in [1.165, 1.54) is 12.1 Å². The van der Waals surface area contributed by atoms with Gasteiger partial charge in [0.2, 0.25) is 0 Å². The second kappa shape index (κ2) is 6.21. The number of hydrogen-bond donors (Lipinski definition) is 3. The summed E-state index contributed by atoms with van der Waals surface area (Å²) >= 11 is 3.06. The molecular weight excluding hydrogens is 287 g/mol. The predicted molar refractivity (Wildman–Crippen MR) is 72.5 cm³/mol. The predicted octanol–water partition coefficient (Wildman–Crippen LogP) is 2.99. The molecule has 17 heavy (non-hydrogen) atoms. The summed E-state index contributed by atoms with van der Waals surface area (Å²) < 4.78 is 13.6. The smallest absolute Gasteiger partial charge is 0.139 e. The Kier molecular flexibility index (Phi) is 5.21.